The first-order valence-electron chi connectivity index (χ1n) is 5.29. The number of carbonyl (C=O) groups excluding carboxylic acids is 1. The molecule has 0 spiro atoms. The van der Waals surface area contributed by atoms with Crippen LogP contribution in [0.3, 0.4) is 0 Å². The fourth-order valence-corrected chi connectivity index (χ4v) is 1.99. The summed E-state index contributed by atoms with van der Waals surface area (Å²) in [4.78, 5) is 12.1. The third-order valence-corrected chi connectivity index (χ3v) is 3.09. The van der Waals surface area contributed by atoms with Crippen LogP contribution in [0.25, 0.3) is 0 Å². The zero-order valence-electron chi connectivity index (χ0n) is 9.58. The summed E-state index contributed by atoms with van der Waals surface area (Å²) in [5.74, 6) is -1.05. The summed E-state index contributed by atoms with van der Waals surface area (Å²) in [6.45, 7) is 0. The number of nitrogen functional groups attached to an aromatic ring is 1. The molecule has 0 saturated heterocycles. The molecule has 2 aromatic rings. The second kappa shape index (κ2) is 5.47. The zero-order valence-corrected chi connectivity index (χ0v) is 11.1. The lowest BCUT2D eigenvalue weighted by Crippen LogP contribution is -2.15. The highest BCUT2D eigenvalue weighted by Crippen LogP contribution is 2.26. The van der Waals surface area contributed by atoms with Gasteiger partial charge in [0.1, 0.15) is 5.82 Å². The van der Waals surface area contributed by atoms with E-state index in [1.807, 2.05) is 0 Å². The van der Waals surface area contributed by atoms with Crippen LogP contribution in [0.15, 0.2) is 36.4 Å². The van der Waals surface area contributed by atoms with Gasteiger partial charge in [0.15, 0.2) is 0 Å². The van der Waals surface area contributed by atoms with Gasteiger partial charge in [0, 0.05) is 5.69 Å². The van der Waals surface area contributed by atoms with Crippen molar-refractivity contribution in [2.75, 3.05) is 11.1 Å². The van der Waals surface area contributed by atoms with Gasteiger partial charge in [-0.3, -0.25) is 4.79 Å². The number of amides is 1. The Morgan fingerprint density at radius 1 is 1.16 bits per heavy atom. The standard InChI is InChI=1S/C13H9Cl2FN2O/c14-8-5-4-7(16)6-11(8)18-13(19)12-9(15)2-1-3-10(12)17/h1-6H,17H2,(H,18,19). The summed E-state index contributed by atoms with van der Waals surface area (Å²) in [6.07, 6.45) is 0. The van der Waals surface area contributed by atoms with E-state index in [4.69, 9.17) is 28.9 Å². The molecule has 0 aliphatic heterocycles. The van der Waals surface area contributed by atoms with Gasteiger partial charge < -0.3 is 11.1 Å². The maximum absolute atomic E-state index is 13.1. The number of benzene rings is 2. The van der Waals surface area contributed by atoms with Gasteiger partial charge in [0.2, 0.25) is 0 Å². The zero-order chi connectivity index (χ0) is 14.0. The van der Waals surface area contributed by atoms with Crippen LogP contribution in [0.2, 0.25) is 10.0 Å². The van der Waals surface area contributed by atoms with E-state index in [0.717, 1.165) is 6.07 Å². The number of carbonyl (C=O) groups is 1. The number of hydrogen-bond acceptors (Lipinski definition) is 2. The fourth-order valence-electron chi connectivity index (χ4n) is 1.56. The van der Waals surface area contributed by atoms with Crippen LogP contribution in [0.1, 0.15) is 10.4 Å². The highest BCUT2D eigenvalue weighted by atomic mass is 35.5. The van der Waals surface area contributed by atoms with Crippen LogP contribution in [0, 0.1) is 5.82 Å². The number of nitrogens with two attached hydrogens (primary N) is 1. The summed E-state index contributed by atoms with van der Waals surface area (Å²) < 4.78 is 13.1. The quantitative estimate of drug-likeness (QED) is 0.824. The van der Waals surface area contributed by atoms with Crippen LogP contribution < -0.4 is 11.1 Å². The predicted molar refractivity (Wildman–Crippen MR) is 75.2 cm³/mol. The topological polar surface area (TPSA) is 55.1 Å². The van der Waals surface area contributed by atoms with Gasteiger partial charge in [-0.1, -0.05) is 29.3 Å². The smallest absolute Gasteiger partial charge is 0.259 e. The van der Waals surface area contributed by atoms with Crippen LogP contribution >= 0.6 is 23.2 Å². The minimum Gasteiger partial charge on any atom is -0.398 e. The van der Waals surface area contributed by atoms with E-state index >= 15 is 0 Å². The van der Waals surface area contributed by atoms with Crippen molar-refractivity contribution in [2.24, 2.45) is 0 Å². The third kappa shape index (κ3) is 2.97. The molecule has 19 heavy (non-hydrogen) atoms. The predicted octanol–water partition coefficient (Wildman–Crippen LogP) is 3.97. The fraction of sp³-hybridized carbons (Fsp3) is 0. The van der Waals surface area contributed by atoms with E-state index in [0.29, 0.717) is 0 Å². The van der Waals surface area contributed by atoms with Crippen LogP contribution in [0.5, 0.6) is 0 Å². The number of rotatable bonds is 2. The van der Waals surface area contributed by atoms with Gasteiger partial charge in [-0.15, -0.1) is 0 Å². The first-order chi connectivity index (χ1) is 8.99. The Morgan fingerprint density at radius 2 is 1.89 bits per heavy atom. The lowest BCUT2D eigenvalue weighted by Gasteiger charge is -2.10. The molecule has 2 rings (SSSR count). The Bertz CT molecular complexity index is 626. The van der Waals surface area contributed by atoms with Crippen LogP contribution in [0.4, 0.5) is 15.8 Å². The maximum atomic E-state index is 13.1. The van der Waals surface area contributed by atoms with Gasteiger partial charge in [-0.05, 0) is 30.3 Å². The molecule has 3 nitrogen and oxygen atoms in total. The number of halogens is 3. The lowest BCUT2D eigenvalue weighted by molar-refractivity contribution is 0.102. The van der Waals surface area contributed by atoms with Crippen molar-refractivity contribution in [3.63, 3.8) is 0 Å². The molecule has 98 valence electrons. The van der Waals surface area contributed by atoms with Gasteiger partial charge in [-0.25, -0.2) is 4.39 Å². The molecular weight excluding hydrogens is 290 g/mol. The van der Waals surface area contributed by atoms with Crippen molar-refractivity contribution >= 4 is 40.5 Å². The van der Waals surface area contributed by atoms with E-state index in [-0.39, 0.29) is 27.0 Å². The monoisotopic (exact) mass is 298 g/mol. The molecule has 0 aromatic heterocycles. The Kier molecular flexibility index (Phi) is 3.93. The van der Waals surface area contributed by atoms with E-state index in [1.54, 1.807) is 18.2 Å². The first kappa shape index (κ1) is 13.6. The number of nitrogens with one attached hydrogen (secondary N) is 1. The normalized spacial score (nSPS) is 10.3. The highest BCUT2D eigenvalue weighted by Gasteiger charge is 2.15. The summed E-state index contributed by atoms with van der Waals surface area (Å²) in [5.41, 5.74) is 6.21. The van der Waals surface area contributed by atoms with Crippen molar-refractivity contribution in [3.8, 4) is 0 Å². The van der Waals surface area contributed by atoms with Gasteiger partial charge in [0.05, 0.1) is 21.3 Å². The Morgan fingerprint density at radius 3 is 2.58 bits per heavy atom. The summed E-state index contributed by atoms with van der Waals surface area (Å²) in [5, 5.41) is 2.91. The molecule has 0 unspecified atom stereocenters. The average Bonchev–Trinajstić information content (AvgIpc) is 2.33. The Balaban J connectivity index is 2.34. The van der Waals surface area contributed by atoms with Crippen molar-refractivity contribution < 1.29 is 9.18 Å². The molecule has 2 aromatic carbocycles. The molecule has 0 saturated carbocycles. The van der Waals surface area contributed by atoms with Crippen LogP contribution in [-0.2, 0) is 0 Å². The average molecular weight is 299 g/mol. The molecule has 0 atom stereocenters. The molecule has 0 aliphatic carbocycles. The molecule has 0 aliphatic rings. The maximum Gasteiger partial charge on any atom is 0.259 e. The minimum absolute atomic E-state index is 0.129. The highest BCUT2D eigenvalue weighted by molar-refractivity contribution is 6.36. The van der Waals surface area contributed by atoms with E-state index < -0.39 is 11.7 Å². The molecule has 0 heterocycles. The largest absolute Gasteiger partial charge is 0.398 e. The molecule has 0 radical (unpaired) electrons. The van der Waals surface area contributed by atoms with Crippen molar-refractivity contribution in [1.82, 2.24) is 0 Å². The van der Waals surface area contributed by atoms with Crippen molar-refractivity contribution in [3.05, 3.63) is 57.8 Å². The van der Waals surface area contributed by atoms with E-state index in [9.17, 15) is 9.18 Å². The molecule has 3 N–H and O–H groups in total. The van der Waals surface area contributed by atoms with Crippen molar-refractivity contribution in [1.29, 1.82) is 0 Å². The summed E-state index contributed by atoms with van der Waals surface area (Å²) in [7, 11) is 0. The molecule has 0 bridgehead atoms. The van der Waals surface area contributed by atoms with Gasteiger partial charge in [-0.2, -0.15) is 0 Å². The second-order valence-corrected chi connectivity index (χ2v) is 4.60. The summed E-state index contributed by atoms with van der Waals surface area (Å²) >= 11 is 11.8. The van der Waals surface area contributed by atoms with Crippen molar-refractivity contribution in [2.45, 2.75) is 0 Å². The summed E-state index contributed by atoms with van der Waals surface area (Å²) in [6, 6.07) is 8.38. The first-order valence-corrected chi connectivity index (χ1v) is 6.05. The van der Waals surface area contributed by atoms with E-state index in [2.05, 4.69) is 5.32 Å². The lowest BCUT2D eigenvalue weighted by atomic mass is 10.1. The van der Waals surface area contributed by atoms with Crippen LogP contribution in [-0.4, -0.2) is 5.91 Å². The van der Waals surface area contributed by atoms with E-state index in [1.165, 1.54) is 12.1 Å². The second-order valence-electron chi connectivity index (χ2n) is 3.78. The number of anilines is 2. The van der Waals surface area contributed by atoms with Gasteiger partial charge >= 0.3 is 0 Å². The molecule has 1 amide bonds. The molecular formula is C13H9Cl2FN2O. The molecule has 0 fully saturated rings. The number of hydrogen-bond donors (Lipinski definition) is 2. The third-order valence-electron chi connectivity index (χ3n) is 2.45. The van der Waals surface area contributed by atoms with Gasteiger partial charge in [0.25, 0.3) is 5.91 Å². The molecule has 6 heteroatoms. The Labute approximate surface area is 119 Å². The Hall–Kier alpha value is -1.78. The SMILES string of the molecule is Nc1cccc(Cl)c1C(=O)Nc1cc(F)ccc1Cl. The minimum atomic E-state index is -0.546.